The number of nitrogens with zero attached hydrogens (tertiary/aromatic N) is 3. The van der Waals surface area contributed by atoms with Gasteiger partial charge in [0.2, 0.25) is 0 Å². The molecule has 9 aromatic carbocycles. The number of fused-ring (bicyclic) bond motifs is 7. The van der Waals surface area contributed by atoms with E-state index in [9.17, 15) is 0 Å². The largest absolute Gasteiger partial charge is 0.454 e. The summed E-state index contributed by atoms with van der Waals surface area (Å²) in [5.41, 5.74) is 16.0. The van der Waals surface area contributed by atoms with Crippen LogP contribution in [0.3, 0.4) is 0 Å². The molecule has 4 nitrogen and oxygen atoms in total. The third-order valence-corrected chi connectivity index (χ3v) is 12.1. The molecule has 0 N–H and O–H groups in total. The van der Waals surface area contributed by atoms with Crippen molar-refractivity contribution in [1.29, 1.82) is 0 Å². The van der Waals surface area contributed by atoms with Crippen LogP contribution in [0.2, 0.25) is 0 Å². The van der Waals surface area contributed by atoms with Gasteiger partial charge in [-0.25, -0.2) is 15.0 Å². The molecule has 12 rings (SSSR count). The van der Waals surface area contributed by atoms with Crippen LogP contribution in [0.15, 0.2) is 229 Å². The van der Waals surface area contributed by atoms with Crippen LogP contribution >= 0.6 is 0 Å². The first-order valence-electron chi connectivity index (χ1n) is 21.2. The number of para-hydroxylation sites is 1. The summed E-state index contributed by atoms with van der Waals surface area (Å²) in [6, 6.07) is 78.5. The van der Waals surface area contributed by atoms with E-state index in [0.717, 1.165) is 105 Å². The fraction of sp³-hybridized carbons (Fsp3) is 0. The average molecular weight is 804 g/mol. The Kier molecular flexibility index (Phi) is 8.79. The van der Waals surface area contributed by atoms with Crippen molar-refractivity contribution in [3.8, 4) is 78.5 Å². The zero-order chi connectivity index (χ0) is 41.7. The minimum atomic E-state index is 0.679. The third-order valence-electron chi connectivity index (χ3n) is 12.1. The first-order chi connectivity index (χ1) is 31.2. The van der Waals surface area contributed by atoms with Crippen molar-refractivity contribution in [3.63, 3.8) is 0 Å². The Bertz CT molecular complexity index is 3530. The van der Waals surface area contributed by atoms with Gasteiger partial charge in [0.15, 0.2) is 11.4 Å². The Morgan fingerprint density at radius 1 is 0.302 bits per heavy atom. The highest BCUT2D eigenvalue weighted by Crippen LogP contribution is 2.42. The standard InChI is InChI=1S/C59H37N3O/c1-3-12-38(13-4-1)40-22-28-44(29-23-40)52-37-53(61-59(60-52)46-32-26-41(27-33-46)39-14-5-2-6-15-39)45-30-24-42(25-31-45)47-17-11-18-48(36-47)56-58-55(50-20-9-10-21-54(50)63-58)51-35-34-43-16-7-8-19-49(43)57(51)62-56/h1-37H. The van der Waals surface area contributed by atoms with Gasteiger partial charge in [0.1, 0.15) is 11.3 Å². The van der Waals surface area contributed by atoms with E-state index in [1.165, 1.54) is 11.1 Å². The minimum Gasteiger partial charge on any atom is -0.454 e. The second-order valence-electron chi connectivity index (χ2n) is 16.0. The van der Waals surface area contributed by atoms with Crippen molar-refractivity contribution in [2.24, 2.45) is 0 Å². The van der Waals surface area contributed by atoms with Crippen LogP contribution in [-0.4, -0.2) is 15.0 Å². The second kappa shape index (κ2) is 15.2. The summed E-state index contributed by atoms with van der Waals surface area (Å²) in [5, 5.41) is 5.56. The van der Waals surface area contributed by atoms with Gasteiger partial charge in [-0.1, -0.05) is 206 Å². The smallest absolute Gasteiger partial charge is 0.162 e. The van der Waals surface area contributed by atoms with Crippen LogP contribution in [0, 0.1) is 0 Å². The lowest BCUT2D eigenvalue weighted by atomic mass is 9.97. The molecule has 0 aliphatic heterocycles. The summed E-state index contributed by atoms with van der Waals surface area (Å²) in [6.07, 6.45) is 0. The Morgan fingerprint density at radius 2 is 0.794 bits per heavy atom. The highest BCUT2D eigenvalue weighted by Gasteiger charge is 2.20. The molecule has 63 heavy (non-hydrogen) atoms. The Hall–Kier alpha value is -8.47. The van der Waals surface area contributed by atoms with Crippen LogP contribution in [0.5, 0.6) is 0 Å². The molecule has 0 saturated heterocycles. The molecule has 3 aromatic heterocycles. The highest BCUT2D eigenvalue weighted by atomic mass is 16.3. The lowest BCUT2D eigenvalue weighted by Gasteiger charge is -2.12. The predicted octanol–water partition coefficient (Wildman–Crippen LogP) is 15.7. The average Bonchev–Trinajstić information content (AvgIpc) is 3.77. The Morgan fingerprint density at radius 3 is 1.44 bits per heavy atom. The van der Waals surface area contributed by atoms with Crippen LogP contribution in [-0.2, 0) is 0 Å². The molecular weight excluding hydrogens is 767 g/mol. The molecule has 0 unspecified atom stereocenters. The number of aromatic nitrogens is 3. The molecule has 4 heteroatoms. The van der Waals surface area contributed by atoms with E-state index in [1.807, 2.05) is 24.3 Å². The van der Waals surface area contributed by atoms with Crippen LogP contribution in [0.4, 0.5) is 0 Å². The summed E-state index contributed by atoms with van der Waals surface area (Å²) in [5.74, 6) is 0.679. The number of pyridine rings is 1. The number of hydrogen-bond donors (Lipinski definition) is 0. The Labute approximate surface area is 364 Å². The maximum Gasteiger partial charge on any atom is 0.162 e. The fourth-order valence-corrected chi connectivity index (χ4v) is 8.87. The maximum absolute atomic E-state index is 6.63. The zero-order valence-electron chi connectivity index (χ0n) is 34.1. The van der Waals surface area contributed by atoms with Gasteiger partial charge in [-0.05, 0) is 57.0 Å². The normalized spacial score (nSPS) is 11.5. The number of benzene rings is 9. The van der Waals surface area contributed by atoms with Crippen LogP contribution < -0.4 is 0 Å². The summed E-state index contributed by atoms with van der Waals surface area (Å²) in [6.45, 7) is 0. The highest BCUT2D eigenvalue weighted by molar-refractivity contribution is 6.24. The fourth-order valence-electron chi connectivity index (χ4n) is 8.87. The molecule has 0 atom stereocenters. The minimum absolute atomic E-state index is 0.679. The lowest BCUT2D eigenvalue weighted by Crippen LogP contribution is -1.96. The third kappa shape index (κ3) is 6.62. The van der Waals surface area contributed by atoms with Crippen molar-refractivity contribution < 1.29 is 4.42 Å². The van der Waals surface area contributed by atoms with Gasteiger partial charge in [0.25, 0.3) is 0 Å². The molecule has 0 spiro atoms. The molecule has 294 valence electrons. The maximum atomic E-state index is 6.63. The van der Waals surface area contributed by atoms with E-state index in [4.69, 9.17) is 19.4 Å². The lowest BCUT2D eigenvalue weighted by molar-refractivity contribution is 0.669. The van der Waals surface area contributed by atoms with Crippen molar-refractivity contribution >= 4 is 43.6 Å². The van der Waals surface area contributed by atoms with Gasteiger partial charge in [-0.15, -0.1) is 0 Å². The topological polar surface area (TPSA) is 51.8 Å². The second-order valence-corrected chi connectivity index (χ2v) is 16.0. The van der Waals surface area contributed by atoms with E-state index in [2.05, 4.69) is 200 Å². The molecule has 0 bridgehead atoms. The van der Waals surface area contributed by atoms with Gasteiger partial charge in [-0.2, -0.15) is 0 Å². The summed E-state index contributed by atoms with van der Waals surface area (Å²) in [7, 11) is 0. The van der Waals surface area contributed by atoms with Gasteiger partial charge in [0, 0.05) is 43.8 Å². The summed E-state index contributed by atoms with van der Waals surface area (Å²) < 4.78 is 6.63. The molecule has 12 aromatic rings. The monoisotopic (exact) mass is 803 g/mol. The molecule has 0 radical (unpaired) electrons. The van der Waals surface area contributed by atoms with E-state index >= 15 is 0 Å². The van der Waals surface area contributed by atoms with Gasteiger partial charge >= 0.3 is 0 Å². The van der Waals surface area contributed by atoms with Crippen molar-refractivity contribution in [2.45, 2.75) is 0 Å². The predicted molar refractivity (Wildman–Crippen MR) is 260 cm³/mol. The SMILES string of the molecule is c1ccc(-c2ccc(-c3cc(-c4ccc(-c5cccc(-c6nc7c8ccccc8ccc7c7c6oc6ccccc67)c5)cc4)nc(-c4ccc(-c5ccccc5)cc4)n3)cc2)cc1. The quantitative estimate of drug-likeness (QED) is 0.151. The number of hydrogen-bond acceptors (Lipinski definition) is 4. The van der Waals surface area contributed by atoms with E-state index in [-0.39, 0.29) is 0 Å². The van der Waals surface area contributed by atoms with Gasteiger partial charge in [-0.3, -0.25) is 0 Å². The van der Waals surface area contributed by atoms with Crippen molar-refractivity contribution in [2.75, 3.05) is 0 Å². The summed E-state index contributed by atoms with van der Waals surface area (Å²) in [4.78, 5) is 15.7. The summed E-state index contributed by atoms with van der Waals surface area (Å²) >= 11 is 0. The van der Waals surface area contributed by atoms with Crippen LogP contribution in [0.1, 0.15) is 0 Å². The zero-order valence-corrected chi connectivity index (χ0v) is 34.1. The number of rotatable bonds is 7. The van der Waals surface area contributed by atoms with E-state index in [0.29, 0.717) is 5.82 Å². The van der Waals surface area contributed by atoms with Crippen LogP contribution in [0.25, 0.3) is 122 Å². The van der Waals surface area contributed by atoms with Crippen molar-refractivity contribution in [3.05, 3.63) is 224 Å². The van der Waals surface area contributed by atoms with E-state index in [1.54, 1.807) is 0 Å². The molecule has 3 heterocycles. The molecule has 0 aliphatic rings. The van der Waals surface area contributed by atoms with E-state index < -0.39 is 0 Å². The molecule has 0 amide bonds. The molecular formula is C59H37N3O. The first kappa shape index (κ1) is 36.4. The van der Waals surface area contributed by atoms with Gasteiger partial charge in [0.05, 0.1) is 16.9 Å². The van der Waals surface area contributed by atoms with Crippen molar-refractivity contribution in [1.82, 2.24) is 15.0 Å². The number of furan rings is 1. The Balaban J connectivity index is 0.933. The first-order valence-corrected chi connectivity index (χ1v) is 21.2. The molecule has 0 fully saturated rings. The molecule has 0 aliphatic carbocycles. The van der Waals surface area contributed by atoms with Gasteiger partial charge < -0.3 is 4.42 Å². The molecule has 0 saturated carbocycles.